The number of benzene rings is 1. The molecule has 0 amide bonds. The molecule has 1 aromatic carbocycles. The van der Waals surface area contributed by atoms with Gasteiger partial charge in [0.15, 0.2) is 0 Å². The van der Waals surface area contributed by atoms with E-state index in [4.69, 9.17) is 0 Å². The number of nitrogens with one attached hydrogen (secondary N) is 2. The van der Waals surface area contributed by atoms with Crippen LogP contribution in [0.2, 0.25) is 0 Å². The first kappa shape index (κ1) is 12.3. The van der Waals surface area contributed by atoms with Crippen molar-refractivity contribution in [3.05, 3.63) is 35.1 Å². The third-order valence-corrected chi connectivity index (χ3v) is 2.75. The van der Waals surface area contributed by atoms with Gasteiger partial charge in [0, 0.05) is 31.2 Å². The number of rotatable bonds is 1. The van der Waals surface area contributed by atoms with Crippen LogP contribution >= 0.6 is 0 Å². The molecular weight excluding hydrogens is 236 g/mol. The van der Waals surface area contributed by atoms with Gasteiger partial charge < -0.3 is 10.6 Å². The van der Waals surface area contributed by atoms with Crippen LogP contribution in [0.5, 0.6) is 0 Å². The second-order valence-corrected chi connectivity index (χ2v) is 3.91. The highest BCUT2D eigenvalue weighted by molar-refractivity contribution is 5.34. The fourth-order valence-corrected chi connectivity index (χ4v) is 2.00. The normalized spacial score (nSPS) is 21.5. The van der Waals surface area contributed by atoms with Gasteiger partial charge in [-0.2, -0.15) is 13.2 Å². The SMILES string of the molecule is Fc1cccc(C(F)(F)F)c1[C@@H]1CNCCN1. The van der Waals surface area contributed by atoms with Crippen molar-refractivity contribution >= 4 is 0 Å². The Morgan fingerprint density at radius 2 is 1.94 bits per heavy atom. The Kier molecular flexibility index (Phi) is 3.35. The number of piperazine rings is 1. The molecule has 17 heavy (non-hydrogen) atoms. The average Bonchev–Trinajstić information content (AvgIpc) is 2.28. The molecule has 1 saturated heterocycles. The minimum Gasteiger partial charge on any atom is -0.314 e. The first-order valence-electron chi connectivity index (χ1n) is 5.30. The van der Waals surface area contributed by atoms with Crippen LogP contribution in [0.3, 0.4) is 0 Å². The van der Waals surface area contributed by atoms with Gasteiger partial charge in [0.1, 0.15) is 5.82 Å². The molecule has 0 aromatic heterocycles. The molecule has 2 rings (SSSR count). The van der Waals surface area contributed by atoms with Crippen molar-refractivity contribution < 1.29 is 17.6 Å². The molecule has 94 valence electrons. The molecule has 1 aliphatic rings. The van der Waals surface area contributed by atoms with E-state index in [1.807, 2.05) is 0 Å². The van der Waals surface area contributed by atoms with E-state index in [1.165, 1.54) is 0 Å². The van der Waals surface area contributed by atoms with Crippen LogP contribution in [-0.2, 0) is 6.18 Å². The summed E-state index contributed by atoms with van der Waals surface area (Å²) in [5.74, 6) is -0.818. The minimum absolute atomic E-state index is 0.296. The van der Waals surface area contributed by atoms with Crippen LogP contribution in [0.4, 0.5) is 17.6 Å². The predicted molar refractivity (Wildman–Crippen MR) is 55.0 cm³/mol. The van der Waals surface area contributed by atoms with Crippen LogP contribution in [0, 0.1) is 5.82 Å². The van der Waals surface area contributed by atoms with E-state index in [-0.39, 0.29) is 5.56 Å². The van der Waals surface area contributed by atoms with E-state index in [0.717, 1.165) is 18.2 Å². The lowest BCUT2D eigenvalue weighted by Crippen LogP contribution is -2.43. The zero-order chi connectivity index (χ0) is 12.5. The summed E-state index contributed by atoms with van der Waals surface area (Å²) in [7, 11) is 0. The van der Waals surface area contributed by atoms with Crippen LogP contribution < -0.4 is 10.6 Å². The molecule has 0 radical (unpaired) electrons. The number of hydrogen-bond acceptors (Lipinski definition) is 2. The first-order chi connectivity index (χ1) is 8.00. The highest BCUT2D eigenvalue weighted by atomic mass is 19.4. The first-order valence-corrected chi connectivity index (χ1v) is 5.30. The smallest absolute Gasteiger partial charge is 0.314 e. The summed E-state index contributed by atoms with van der Waals surface area (Å²) in [6, 6.07) is 2.41. The standard InChI is InChI=1S/C11H12F4N2/c12-8-3-1-2-7(11(13,14)15)10(8)9-6-16-4-5-17-9/h1-3,9,16-17H,4-6H2/t9-/m0/s1. The third kappa shape index (κ3) is 2.58. The van der Waals surface area contributed by atoms with Gasteiger partial charge in [0.25, 0.3) is 0 Å². The fourth-order valence-electron chi connectivity index (χ4n) is 2.00. The zero-order valence-electron chi connectivity index (χ0n) is 8.94. The summed E-state index contributed by atoms with van der Waals surface area (Å²) < 4.78 is 51.9. The van der Waals surface area contributed by atoms with Gasteiger partial charge in [-0.3, -0.25) is 0 Å². The van der Waals surface area contributed by atoms with Crippen molar-refractivity contribution in [3.8, 4) is 0 Å². The lowest BCUT2D eigenvalue weighted by Gasteiger charge is -2.27. The van der Waals surface area contributed by atoms with E-state index < -0.39 is 23.6 Å². The molecule has 0 saturated carbocycles. The Bertz CT molecular complexity index is 397. The van der Waals surface area contributed by atoms with Crippen molar-refractivity contribution in [2.24, 2.45) is 0 Å². The summed E-state index contributed by atoms with van der Waals surface area (Å²) in [4.78, 5) is 0. The van der Waals surface area contributed by atoms with Crippen molar-refractivity contribution in [2.75, 3.05) is 19.6 Å². The molecule has 2 nitrogen and oxygen atoms in total. The van der Waals surface area contributed by atoms with Crippen LogP contribution in [0.15, 0.2) is 18.2 Å². The summed E-state index contributed by atoms with van der Waals surface area (Å²) in [5.41, 5.74) is -1.20. The molecule has 1 heterocycles. The molecule has 2 N–H and O–H groups in total. The molecule has 0 bridgehead atoms. The van der Waals surface area contributed by atoms with Crippen molar-refractivity contribution in [1.29, 1.82) is 0 Å². The molecule has 6 heteroatoms. The van der Waals surface area contributed by atoms with Gasteiger partial charge in [-0.25, -0.2) is 4.39 Å². The van der Waals surface area contributed by atoms with Gasteiger partial charge in [-0.1, -0.05) is 6.07 Å². The van der Waals surface area contributed by atoms with E-state index in [1.54, 1.807) is 0 Å². The van der Waals surface area contributed by atoms with Gasteiger partial charge in [-0.15, -0.1) is 0 Å². The van der Waals surface area contributed by atoms with E-state index >= 15 is 0 Å². The van der Waals surface area contributed by atoms with E-state index in [0.29, 0.717) is 19.6 Å². The fraction of sp³-hybridized carbons (Fsp3) is 0.455. The van der Waals surface area contributed by atoms with Crippen molar-refractivity contribution in [2.45, 2.75) is 12.2 Å². The number of hydrogen-bond donors (Lipinski definition) is 2. The van der Waals surface area contributed by atoms with Crippen molar-refractivity contribution in [1.82, 2.24) is 10.6 Å². The highest BCUT2D eigenvalue weighted by Crippen LogP contribution is 2.35. The minimum atomic E-state index is -4.53. The maximum atomic E-state index is 13.6. The summed E-state index contributed by atoms with van der Waals surface area (Å²) >= 11 is 0. The summed E-state index contributed by atoms with van der Waals surface area (Å²) in [6.45, 7) is 1.49. The Morgan fingerprint density at radius 1 is 1.18 bits per heavy atom. The molecule has 0 unspecified atom stereocenters. The largest absolute Gasteiger partial charge is 0.416 e. The lowest BCUT2D eigenvalue weighted by molar-refractivity contribution is -0.138. The molecular formula is C11H12F4N2. The van der Waals surface area contributed by atoms with Gasteiger partial charge >= 0.3 is 6.18 Å². The van der Waals surface area contributed by atoms with Crippen LogP contribution in [0.1, 0.15) is 17.2 Å². The highest BCUT2D eigenvalue weighted by Gasteiger charge is 2.36. The summed E-state index contributed by atoms with van der Waals surface area (Å²) in [5, 5.41) is 5.83. The second-order valence-electron chi connectivity index (χ2n) is 3.91. The Morgan fingerprint density at radius 3 is 2.53 bits per heavy atom. The zero-order valence-corrected chi connectivity index (χ0v) is 8.94. The predicted octanol–water partition coefficient (Wildman–Crippen LogP) is 2.08. The maximum Gasteiger partial charge on any atom is 0.416 e. The molecule has 0 spiro atoms. The van der Waals surface area contributed by atoms with Crippen LogP contribution in [0.25, 0.3) is 0 Å². The van der Waals surface area contributed by atoms with E-state index in [2.05, 4.69) is 10.6 Å². The topological polar surface area (TPSA) is 24.1 Å². The monoisotopic (exact) mass is 248 g/mol. The Labute approximate surface area is 96.0 Å². The maximum absolute atomic E-state index is 13.6. The molecule has 1 aliphatic heterocycles. The summed E-state index contributed by atoms with van der Waals surface area (Å²) in [6.07, 6.45) is -4.53. The van der Waals surface area contributed by atoms with Gasteiger partial charge in [0.2, 0.25) is 0 Å². The Hall–Kier alpha value is -1.14. The second kappa shape index (κ2) is 4.62. The van der Waals surface area contributed by atoms with Gasteiger partial charge in [-0.05, 0) is 12.1 Å². The quantitative estimate of drug-likeness (QED) is 0.743. The molecule has 1 aromatic rings. The lowest BCUT2D eigenvalue weighted by atomic mass is 9.98. The number of halogens is 4. The van der Waals surface area contributed by atoms with Gasteiger partial charge in [0.05, 0.1) is 5.56 Å². The third-order valence-electron chi connectivity index (χ3n) is 2.75. The number of alkyl halides is 3. The molecule has 1 fully saturated rings. The molecule has 1 atom stereocenters. The van der Waals surface area contributed by atoms with Crippen molar-refractivity contribution in [3.63, 3.8) is 0 Å². The Balaban J connectivity index is 2.43. The molecule has 0 aliphatic carbocycles. The average molecular weight is 248 g/mol. The van der Waals surface area contributed by atoms with Crippen LogP contribution in [-0.4, -0.2) is 19.6 Å². The van der Waals surface area contributed by atoms with E-state index in [9.17, 15) is 17.6 Å².